The number of aryl methyl sites for hydroxylation is 1. The number of nitrogens with zero attached hydrogens (tertiary/aromatic N) is 2. The quantitative estimate of drug-likeness (QED) is 0.251. The maximum atomic E-state index is 13.4. The molecule has 3 aromatic rings. The number of rotatable bonds is 8. The van der Waals surface area contributed by atoms with Crippen LogP contribution in [0.5, 0.6) is 5.75 Å². The zero-order valence-corrected chi connectivity index (χ0v) is 21.2. The lowest BCUT2D eigenvalue weighted by Crippen LogP contribution is -2.30. The Morgan fingerprint density at radius 1 is 0.917 bits per heavy atom. The average molecular weight is 485 g/mol. The Hall–Kier alpha value is -4.06. The van der Waals surface area contributed by atoms with Crippen LogP contribution in [-0.2, 0) is 16.0 Å². The predicted molar refractivity (Wildman–Crippen MR) is 144 cm³/mol. The fourth-order valence-electron chi connectivity index (χ4n) is 4.74. The molecule has 0 aliphatic carbocycles. The number of benzene rings is 3. The van der Waals surface area contributed by atoms with E-state index in [1.807, 2.05) is 42.5 Å². The summed E-state index contributed by atoms with van der Waals surface area (Å²) < 4.78 is 5.52. The number of hydrogen-bond acceptors (Lipinski definition) is 5. The van der Waals surface area contributed by atoms with Crippen LogP contribution in [0.1, 0.15) is 43.5 Å². The van der Waals surface area contributed by atoms with E-state index in [2.05, 4.69) is 25.7 Å². The van der Waals surface area contributed by atoms with Gasteiger partial charge in [-0.3, -0.25) is 14.5 Å². The Labute approximate surface area is 212 Å². The molecule has 0 saturated carbocycles. The van der Waals surface area contributed by atoms with Gasteiger partial charge >= 0.3 is 0 Å². The first-order valence-electron chi connectivity index (χ1n) is 12.3. The number of hydrogen-bond donors (Lipinski definition) is 1. The van der Waals surface area contributed by atoms with Gasteiger partial charge in [0, 0.05) is 24.3 Å². The van der Waals surface area contributed by atoms with Gasteiger partial charge in [0.2, 0.25) is 0 Å². The summed E-state index contributed by atoms with van der Waals surface area (Å²) in [5.41, 5.74) is 3.92. The number of ketones is 1. The SMILES string of the molecule is CCc1ccc(/C(O)=C2/C(=O)C(=O)N(c3ccccc3OC)C2c2ccc(N(CC)CC)cc2)cc1. The molecule has 6 heteroatoms. The maximum absolute atomic E-state index is 13.4. The molecule has 0 aromatic heterocycles. The predicted octanol–water partition coefficient (Wildman–Crippen LogP) is 5.73. The van der Waals surface area contributed by atoms with Crippen LogP contribution >= 0.6 is 0 Å². The third-order valence-corrected chi connectivity index (χ3v) is 6.76. The van der Waals surface area contributed by atoms with Crippen molar-refractivity contribution in [2.24, 2.45) is 0 Å². The molecule has 0 spiro atoms. The van der Waals surface area contributed by atoms with E-state index < -0.39 is 17.7 Å². The molecule has 1 N–H and O–H groups in total. The molecule has 1 saturated heterocycles. The van der Waals surface area contributed by atoms with Crippen LogP contribution < -0.4 is 14.5 Å². The molecule has 1 atom stereocenters. The second kappa shape index (κ2) is 10.7. The van der Waals surface area contributed by atoms with Crippen LogP contribution in [-0.4, -0.2) is 37.0 Å². The van der Waals surface area contributed by atoms with Gasteiger partial charge in [-0.15, -0.1) is 0 Å². The van der Waals surface area contributed by atoms with Crippen LogP contribution in [0.25, 0.3) is 5.76 Å². The van der Waals surface area contributed by atoms with Gasteiger partial charge < -0.3 is 14.7 Å². The third-order valence-electron chi connectivity index (χ3n) is 6.76. The van der Waals surface area contributed by atoms with Crippen molar-refractivity contribution in [1.29, 1.82) is 0 Å². The summed E-state index contributed by atoms with van der Waals surface area (Å²) >= 11 is 0. The summed E-state index contributed by atoms with van der Waals surface area (Å²) in [5, 5.41) is 11.4. The van der Waals surface area contributed by atoms with E-state index in [-0.39, 0.29) is 11.3 Å². The number of para-hydroxylation sites is 2. The molecule has 1 heterocycles. The van der Waals surface area contributed by atoms with Crippen LogP contribution in [0.2, 0.25) is 0 Å². The molecular formula is C30H32N2O4. The third kappa shape index (κ3) is 4.47. The van der Waals surface area contributed by atoms with Crippen molar-refractivity contribution in [2.75, 3.05) is 30.0 Å². The van der Waals surface area contributed by atoms with Crippen molar-refractivity contribution in [3.63, 3.8) is 0 Å². The monoisotopic (exact) mass is 484 g/mol. The fourth-order valence-corrected chi connectivity index (χ4v) is 4.74. The molecule has 1 fully saturated rings. The van der Waals surface area contributed by atoms with E-state index in [0.717, 1.165) is 36.3 Å². The number of anilines is 2. The van der Waals surface area contributed by atoms with Crippen molar-refractivity contribution in [3.05, 3.63) is 95.1 Å². The number of carbonyl (C=O) groups excluding carboxylic acids is 2. The van der Waals surface area contributed by atoms with Crippen LogP contribution in [0.15, 0.2) is 78.4 Å². The van der Waals surface area contributed by atoms with Gasteiger partial charge in [0.15, 0.2) is 0 Å². The topological polar surface area (TPSA) is 70.1 Å². The normalized spacial score (nSPS) is 16.9. The molecule has 3 aromatic carbocycles. The summed E-state index contributed by atoms with van der Waals surface area (Å²) in [6, 6.07) is 21.5. The van der Waals surface area contributed by atoms with Crippen molar-refractivity contribution in [2.45, 2.75) is 33.2 Å². The van der Waals surface area contributed by atoms with Crippen molar-refractivity contribution in [3.8, 4) is 5.75 Å². The van der Waals surface area contributed by atoms with E-state index in [0.29, 0.717) is 17.0 Å². The Kier molecular flexibility index (Phi) is 7.44. The zero-order valence-electron chi connectivity index (χ0n) is 21.2. The highest BCUT2D eigenvalue weighted by atomic mass is 16.5. The van der Waals surface area contributed by atoms with Crippen LogP contribution in [0.4, 0.5) is 11.4 Å². The van der Waals surface area contributed by atoms with Gasteiger partial charge in [0.1, 0.15) is 11.5 Å². The second-order valence-electron chi connectivity index (χ2n) is 8.66. The van der Waals surface area contributed by atoms with Gasteiger partial charge in [-0.2, -0.15) is 0 Å². The summed E-state index contributed by atoms with van der Waals surface area (Å²) in [6.07, 6.45) is 0.859. The lowest BCUT2D eigenvalue weighted by molar-refractivity contribution is -0.132. The van der Waals surface area contributed by atoms with Gasteiger partial charge in [0.05, 0.1) is 24.4 Å². The van der Waals surface area contributed by atoms with E-state index >= 15 is 0 Å². The molecule has 4 rings (SSSR count). The second-order valence-corrected chi connectivity index (χ2v) is 8.66. The lowest BCUT2D eigenvalue weighted by atomic mass is 9.94. The fraction of sp³-hybridized carbons (Fsp3) is 0.267. The van der Waals surface area contributed by atoms with Crippen LogP contribution in [0.3, 0.4) is 0 Å². The summed E-state index contributed by atoms with van der Waals surface area (Å²) in [5.74, 6) is -1.15. The van der Waals surface area contributed by atoms with Gasteiger partial charge in [-0.1, -0.05) is 55.5 Å². The first kappa shape index (κ1) is 25.0. The minimum absolute atomic E-state index is 0.0609. The average Bonchev–Trinajstić information content (AvgIpc) is 3.19. The molecule has 36 heavy (non-hydrogen) atoms. The number of Topliss-reactive ketones (excluding diaryl/α,β-unsaturated/α-hetero) is 1. The first-order chi connectivity index (χ1) is 17.4. The lowest BCUT2D eigenvalue weighted by Gasteiger charge is -2.27. The highest BCUT2D eigenvalue weighted by Gasteiger charge is 2.47. The summed E-state index contributed by atoms with van der Waals surface area (Å²) in [6.45, 7) is 7.97. The largest absolute Gasteiger partial charge is 0.507 e. The highest BCUT2D eigenvalue weighted by Crippen LogP contribution is 2.45. The van der Waals surface area contributed by atoms with Gasteiger partial charge in [-0.05, 0) is 55.7 Å². The highest BCUT2D eigenvalue weighted by molar-refractivity contribution is 6.51. The smallest absolute Gasteiger partial charge is 0.300 e. The van der Waals surface area contributed by atoms with Gasteiger partial charge in [0.25, 0.3) is 11.7 Å². The van der Waals surface area contributed by atoms with Gasteiger partial charge in [-0.25, -0.2) is 0 Å². The number of carbonyl (C=O) groups is 2. The number of aliphatic hydroxyl groups is 1. The van der Waals surface area contributed by atoms with E-state index in [1.54, 1.807) is 30.3 Å². The van der Waals surface area contributed by atoms with Crippen molar-refractivity contribution in [1.82, 2.24) is 0 Å². The molecule has 0 bridgehead atoms. The van der Waals surface area contributed by atoms with Crippen molar-refractivity contribution >= 4 is 28.8 Å². The molecule has 0 radical (unpaired) electrons. The Morgan fingerprint density at radius 2 is 1.56 bits per heavy atom. The minimum atomic E-state index is -0.807. The Morgan fingerprint density at radius 3 is 2.14 bits per heavy atom. The standard InChI is InChI=1S/C30H32N2O4/c1-5-20-12-14-22(15-13-20)28(33)26-27(21-16-18-23(19-17-21)31(6-2)7-3)32(30(35)29(26)34)24-10-8-9-11-25(24)36-4/h8-19,27,33H,5-7H2,1-4H3/b28-26-. The number of methoxy groups -OCH3 is 1. The Balaban J connectivity index is 1.91. The molecule has 1 amide bonds. The first-order valence-corrected chi connectivity index (χ1v) is 12.3. The number of amides is 1. The zero-order chi connectivity index (χ0) is 25.8. The Bertz CT molecular complexity index is 1280. The van der Waals surface area contributed by atoms with Crippen molar-refractivity contribution < 1.29 is 19.4 Å². The molecule has 6 nitrogen and oxygen atoms in total. The molecule has 1 aliphatic heterocycles. The maximum Gasteiger partial charge on any atom is 0.300 e. The van der Waals surface area contributed by atoms with E-state index in [9.17, 15) is 14.7 Å². The van der Waals surface area contributed by atoms with Crippen LogP contribution in [0, 0.1) is 0 Å². The molecule has 186 valence electrons. The van der Waals surface area contributed by atoms with E-state index in [1.165, 1.54) is 12.0 Å². The molecule has 1 unspecified atom stereocenters. The number of ether oxygens (including phenoxy) is 1. The minimum Gasteiger partial charge on any atom is -0.507 e. The molecule has 1 aliphatic rings. The number of aliphatic hydroxyl groups excluding tert-OH is 1. The summed E-state index contributed by atoms with van der Waals surface area (Å²) in [7, 11) is 1.53. The van der Waals surface area contributed by atoms with E-state index in [4.69, 9.17) is 4.74 Å². The summed E-state index contributed by atoms with van der Waals surface area (Å²) in [4.78, 5) is 30.5. The molecular weight excluding hydrogens is 452 g/mol.